The topological polar surface area (TPSA) is 17.1 Å². The summed E-state index contributed by atoms with van der Waals surface area (Å²) in [6, 6.07) is 8.07. The van der Waals surface area contributed by atoms with Crippen LogP contribution in [0.2, 0.25) is 0 Å². The van der Waals surface area contributed by atoms with Gasteiger partial charge in [0.1, 0.15) is 0 Å². The third kappa shape index (κ3) is 0.850. The van der Waals surface area contributed by atoms with Crippen LogP contribution in [0, 0.1) is 11.8 Å². The Labute approximate surface area is 94.5 Å². The summed E-state index contributed by atoms with van der Waals surface area (Å²) in [5.74, 6) is 1.16. The Morgan fingerprint density at radius 2 is 1.50 bits per heavy atom. The van der Waals surface area contributed by atoms with Gasteiger partial charge < -0.3 is 0 Å². The standard InChI is InChI=1S/C15H12O/c16-15-12-4-2-1-3-11(12)13-9-5-7-10(8-6-9)14(13)15/h1-5,7,9-10H,6,8H2/t9-,10+/m1/s1. The molecule has 0 N–H and O–H groups in total. The van der Waals surface area contributed by atoms with Gasteiger partial charge in [0.25, 0.3) is 0 Å². The van der Waals surface area contributed by atoms with Crippen LogP contribution in [-0.2, 0) is 0 Å². The fraction of sp³-hybridized carbons (Fsp3) is 0.267. The lowest BCUT2D eigenvalue weighted by molar-refractivity contribution is 0.102. The van der Waals surface area contributed by atoms with Gasteiger partial charge >= 0.3 is 0 Å². The van der Waals surface area contributed by atoms with Crippen molar-refractivity contribution < 1.29 is 4.79 Å². The van der Waals surface area contributed by atoms with Crippen molar-refractivity contribution in [2.24, 2.45) is 11.8 Å². The number of allylic oxidation sites excluding steroid dienone is 4. The molecule has 0 spiro atoms. The number of benzene rings is 1. The number of ketones is 1. The second-order valence-corrected chi connectivity index (χ2v) is 4.88. The minimum Gasteiger partial charge on any atom is -0.289 e. The number of hydrogen-bond acceptors (Lipinski definition) is 1. The zero-order valence-corrected chi connectivity index (χ0v) is 8.94. The average molecular weight is 208 g/mol. The molecule has 2 atom stereocenters. The van der Waals surface area contributed by atoms with E-state index in [4.69, 9.17) is 0 Å². The summed E-state index contributed by atoms with van der Waals surface area (Å²) in [4.78, 5) is 12.3. The van der Waals surface area contributed by atoms with E-state index < -0.39 is 0 Å². The molecule has 0 saturated heterocycles. The molecule has 78 valence electrons. The Bertz CT molecular complexity index is 563. The van der Waals surface area contributed by atoms with Gasteiger partial charge in [0.15, 0.2) is 5.78 Å². The Morgan fingerprint density at radius 1 is 0.875 bits per heavy atom. The van der Waals surface area contributed by atoms with Crippen molar-refractivity contribution in [1.82, 2.24) is 0 Å². The minimum atomic E-state index is 0.282. The molecule has 0 radical (unpaired) electrons. The largest absolute Gasteiger partial charge is 0.289 e. The van der Waals surface area contributed by atoms with Crippen LogP contribution in [0.4, 0.5) is 0 Å². The van der Waals surface area contributed by atoms with Crippen LogP contribution in [0.15, 0.2) is 42.0 Å². The van der Waals surface area contributed by atoms with Gasteiger partial charge in [-0.15, -0.1) is 0 Å². The number of Topliss-reactive ketones (excluding diaryl/α,β-unsaturated/α-hetero) is 1. The maximum absolute atomic E-state index is 12.3. The molecule has 0 amide bonds. The molecule has 0 aromatic heterocycles. The van der Waals surface area contributed by atoms with Crippen LogP contribution in [0.25, 0.3) is 5.57 Å². The Hall–Kier alpha value is -1.63. The molecule has 1 heteroatoms. The highest BCUT2D eigenvalue weighted by molar-refractivity contribution is 6.22. The van der Waals surface area contributed by atoms with Crippen LogP contribution < -0.4 is 0 Å². The van der Waals surface area contributed by atoms with Gasteiger partial charge in [0.05, 0.1) is 0 Å². The molecule has 0 saturated carbocycles. The van der Waals surface area contributed by atoms with Crippen molar-refractivity contribution in [2.75, 3.05) is 0 Å². The molecule has 0 heterocycles. The summed E-state index contributed by atoms with van der Waals surface area (Å²) in [6.07, 6.45) is 6.89. The Kier molecular flexibility index (Phi) is 1.45. The lowest BCUT2D eigenvalue weighted by Crippen LogP contribution is -2.21. The minimum absolute atomic E-state index is 0.282. The molecule has 16 heavy (non-hydrogen) atoms. The van der Waals surface area contributed by atoms with Crippen molar-refractivity contribution in [2.45, 2.75) is 12.8 Å². The van der Waals surface area contributed by atoms with Crippen LogP contribution in [-0.4, -0.2) is 5.78 Å². The van der Waals surface area contributed by atoms with Crippen LogP contribution in [0.3, 0.4) is 0 Å². The summed E-state index contributed by atoms with van der Waals surface area (Å²) >= 11 is 0. The fourth-order valence-electron chi connectivity index (χ4n) is 3.40. The molecule has 4 aliphatic rings. The highest BCUT2D eigenvalue weighted by Gasteiger charge is 2.41. The van der Waals surface area contributed by atoms with Crippen molar-refractivity contribution in [1.29, 1.82) is 0 Å². The third-order valence-corrected chi connectivity index (χ3v) is 4.10. The van der Waals surface area contributed by atoms with Gasteiger partial charge in [-0.2, -0.15) is 0 Å². The van der Waals surface area contributed by atoms with Crippen molar-refractivity contribution >= 4 is 11.4 Å². The normalized spacial score (nSPS) is 29.6. The molecule has 0 unspecified atom stereocenters. The molecule has 1 nitrogen and oxygen atoms in total. The summed E-state index contributed by atoms with van der Waals surface area (Å²) in [6.45, 7) is 0. The van der Waals surface area contributed by atoms with Gasteiger partial charge in [-0.1, -0.05) is 36.4 Å². The molecular weight excluding hydrogens is 196 g/mol. The van der Waals surface area contributed by atoms with Gasteiger partial charge in [0.2, 0.25) is 0 Å². The lowest BCUT2D eigenvalue weighted by Gasteiger charge is -2.32. The van der Waals surface area contributed by atoms with E-state index in [2.05, 4.69) is 18.2 Å². The number of carbonyl (C=O) groups excluding carboxylic acids is 1. The van der Waals surface area contributed by atoms with E-state index in [1.54, 1.807) is 0 Å². The van der Waals surface area contributed by atoms with E-state index in [0.717, 1.165) is 17.6 Å². The second kappa shape index (κ2) is 2.73. The first-order valence-corrected chi connectivity index (χ1v) is 5.93. The molecule has 5 rings (SSSR count). The highest BCUT2D eigenvalue weighted by Crippen LogP contribution is 2.50. The highest BCUT2D eigenvalue weighted by atomic mass is 16.1. The van der Waals surface area contributed by atoms with Gasteiger partial charge in [-0.3, -0.25) is 4.79 Å². The number of hydrogen-bond donors (Lipinski definition) is 0. The summed E-state index contributed by atoms with van der Waals surface area (Å²) in [5.41, 5.74) is 4.55. The summed E-state index contributed by atoms with van der Waals surface area (Å²) in [7, 11) is 0. The van der Waals surface area contributed by atoms with E-state index in [0.29, 0.717) is 11.8 Å². The average Bonchev–Trinajstić information content (AvgIpc) is 2.68. The van der Waals surface area contributed by atoms with Crippen molar-refractivity contribution in [3.63, 3.8) is 0 Å². The molecule has 4 aliphatic carbocycles. The van der Waals surface area contributed by atoms with E-state index in [1.807, 2.05) is 18.2 Å². The molecule has 1 aromatic carbocycles. The molecule has 1 aromatic rings. The first-order valence-electron chi connectivity index (χ1n) is 5.93. The molecule has 2 bridgehead atoms. The van der Waals surface area contributed by atoms with E-state index >= 15 is 0 Å². The second-order valence-electron chi connectivity index (χ2n) is 4.88. The van der Waals surface area contributed by atoms with Crippen LogP contribution >= 0.6 is 0 Å². The Balaban J connectivity index is 2.02. The van der Waals surface area contributed by atoms with E-state index in [1.165, 1.54) is 17.6 Å². The maximum Gasteiger partial charge on any atom is 0.190 e. The van der Waals surface area contributed by atoms with Crippen molar-refractivity contribution in [3.05, 3.63) is 53.1 Å². The molecular formula is C15H12O. The van der Waals surface area contributed by atoms with Crippen LogP contribution in [0.1, 0.15) is 28.8 Å². The SMILES string of the molecule is O=C1C2=C(c3ccccc31)[C@@H]1C=C[C@H]2CC1. The predicted octanol–water partition coefficient (Wildman–Crippen LogP) is 3.23. The number of carbonyl (C=O) groups is 1. The smallest absolute Gasteiger partial charge is 0.190 e. The number of rotatable bonds is 0. The van der Waals surface area contributed by atoms with E-state index in [9.17, 15) is 4.79 Å². The predicted molar refractivity (Wildman–Crippen MR) is 63.0 cm³/mol. The third-order valence-electron chi connectivity index (χ3n) is 4.10. The van der Waals surface area contributed by atoms with E-state index in [-0.39, 0.29) is 5.78 Å². The summed E-state index contributed by atoms with van der Waals surface area (Å²) in [5, 5.41) is 0. The maximum atomic E-state index is 12.3. The van der Waals surface area contributed by atoms with Gasteiger partial charge in [-0.05, 0) is 24.0 Å². The zero-order chi connectivity index (χ0) is 10.7. The fourth-order valence-corrected chi connectivity index (χ4v) is 3.40. The molecule has 0 aliphatic heterocycles. The summed E-state index contributed by atoms with van der Waals surface area (Å²) < 4.78 is 0. The van der Waals surface area contributed by atoms with Gasteiger partial charge in [0, 0.05) is 23.0 Å². The lowest BCUT2D eigenvalue weighted by atomic mass is 9.71. The number of fused-ring (bicyclic) bond motifs is 2. The van der Waals surface area contributed by atoms with Gasteiger partial charge in [-0.25, -0.2) is 0 Å². The monoisotopic (exact) mass is 208 g/mol. The molecule has 0 fully saturated rings. The van der Waals surface area contributed by atoms with Crippen molar-refractivity contribution in [3.8, 4) is 0 Å². The zero-order valence-electron chi connectivity index (χ0n) is 8.94. The first kappa shape index (κ1) is 8.51. The Morgan fingerprint density at radius 3 is 2.19 bits per heavy atom. The first-order chi connectivity index (χ1) is 7.86. The quantitative estimate of drug-likeness (QED) is 0.598. The van der Waals surface area contributed by atoms with Crippen LogP contribution in [0.5, 0.6) is 0 Å².